The van der Waals surface area contributed by atoms with Gasteiger partial charge in [0.1, 0.15) is 13.2 Å². The summed E-state index contributed by atoms with van der Waals surface area (Å²) in [5.41, 5.74) is 0.477. The van der Waals surface area contributed by atoms with E-state index in [-0.39, 0.29) is 24.8 Å². The van der Waals surface area contributed by atoms with E-state index in [1.165, 1.54) is 6.07 Å². The average Bonchev–Trinajstić information content (AvgIpc) is 2.81. The number of benzene rings is 1. The maximum atomic E-state index is 13.0. The predicted molar refractivity (Wildman–Crippen MR) is 60.8 cm³/mol. The number of carboxylic acids is 1. The minimum atomic E-state index is -1.11. The number of hydrogen-bond acceptors (Lipinski definition) is 5. The zero-order valence-electron chi connectivity index (χ0n) is 10.2. The molecule has 6 nitrogen and oxygen atoms in total. The smallest absolute Gasteiger partial charge is 0.329 e. The van der Waals surface area contributed by atoms with Gasteiger partial charge < -0.3 is 14.3 Å². The number of rotatable bonds is 6. The number of aliphatic carboxylic acids is 1. The van der Waals surface area contributed by atoms with Gasteiger partial charge >= 0.3 is 5.97 Å². The normalized spacial score (nSPS) is 10.7. The number of carbonyl (C=O) groups is 1. The van der Waals surface area contributed by atoms with Crippen molar-refractivity contribution in [3.05, 3.63) is 47.2 Å². The Hall–Kier alpha value is -2.35. The fourth-order valence-corrected chi connectivity index (χ4v) is 1.47. The second-order valence-electron chi connectivity index (χ2n) is 3.90. The molecule has 0 spiro atoms. The number of nitrogens with zero attached hydrogens (tertiary/aromatic N) is 2. The van der Waals surface area contributed by atoms with Crippen molar-refractivity contribution in [2.24, 2.45) is 0 Å². The molecule has 1 aromatic carbocycles. The number of hydrogen-bond donors (Lipinski definition) is 1. The Kier molecular flexibility index (Phi) is 4.36. The van der Waals surface area contributed by atoms with E-state index in [1.54, 1.807) is 0 Å². The summed E-state index contributed by atoms with van der Waals surface area (Å²) in [4.78, 5) is 10.2. The van der Waals surface area contributed by atoms with Gasteiger partial charge in [-0.25, -0.2) is 13.6 Å². The van der Waals surface area contributed by atoms with Gasteiger partial charge in [-0.1, -0.05) is 6.07 Å². The van der Waals surface area contributed by atoms with Crippen LogP contribution in [0.2, 0.25) is 0 Å². The zero-order valence-corrected chi connectivity index (χ0v) is 10.2. The molecule has 0 unspecified atom stereocenters. The van der Waals surface area contributed by atoms with Gasteiger partial charge in [0.2, 0.25) is 11.8 Å². The van der Waals surface area contributed by atoms with E-state index >= 15 is 0 Å². The molecule has 0 aliphatic rings. The van der Waals surface area contributed by atoms with E-state index in [4.69, 9.17) is 14.3 Å². The molecular weight excluding hydrogens is 274 g/mol. The van der Waals surface area contributed by atoms with Gasteiger partial charge in [-0.05, 0) is 17.7 Å². The van der Waals surface area contributed by atoms with E-state index in [0.717, 1.165) is 12.1 Å². The van der Waals surface area contributed by atoms with Crippen molar-refractivity contribution in [2.75, 3.05) is 6.61 Å². The summed E-state index contributed by atoms with van der Waals surface area (Å²) >= 11 is 0. The molecule has 0 aliphatic heterocycles. The molecule has 0 saturated heterocycles. The minimum Gasteiger partial charge on any atom is -0.480 e. The monoisotopic (exact) mass is 284 g/mol. The Labute approximate surface area is 112 Å². The molecule has 0 atom stereocenters. The largest absolute Gasteiger partial charge is 0.480 e. The number of carboxylic acid groups (broad SMARTS) is 1. The van der Waals surface area contributed by atoms with Gasteiger partial charge in [-0.2, -0.15) is 0 Å². The van der Waals surface area contributed by atoms with E-state index in [9.17, 15) is 13.6 Å². The summed E-state index contributed by atoms with van der Waals surface area (Å²) in [6.07, 6.45) is 0.142. The Bertz CT molecular complexity index is 615. The summed E-state index contributed by atoms with van der Waals surface area (Å²) in [6, 6.07) is 3.46. The molecule has 0 fully saturated rings. The first kappa shape index (κ1) is 14.1. The van der Waals surface area contributed by atoms with E-state index in [0.29, 0.717) is 5.56 Å². The van der Waals surface area contributed by atoms with Crippen LogP contribution in [0.1, 0.15) is 17.3 Å². The first-order valence-electron chi connectivity index (χ1n) is 5.59. The minimum absolute atomic E-state index is 0.115. The third-order valence-corrected chi connectivity index (χ3v) is 2.30. The van der Waals surface area contributed by atoms with Crippen LogP contribution < -0.4 is 0 Å². The third-order valence-electron chi connectivity index (χ3n) is 2.30. The first-order valence-corrected chi connectivity index (χ1v) is 5.59. The van der Waals surface area contributed by atoms with Crippen molar-refractivity contribution in [1.29, 1.82) is 0 Å². The maximum Gasteiger partial charge on any atom is 0.329 e. The van der Waals surface area contributed by atoms with Crippen molar-refractivity contribution in [2.45, 2.75) is 13.0 Å². The Balaban J connectivity index is 1.95. The van der Waals surface area contributed by atoms with Gasteiger partial charge in [-0.15, -0.1) is 10.2 Å². The van der Waals surface area contributed by atoms with E-state index in [1.807, 2.05) is 0 Å². The van der Waals surface area contributed by atoms with Gasteiger partial charge in [0, 0.05) is 0 Å². The second-order valence-corrected chi connectivity index (χ2v) is 3.90. The molecule has 0 radical (unpaired) electrons. The summed E-state index contributed by atoms with van der Waals surface area (Å²) in [5, 5.41) is 15.7. The molecule has 2 aromatic rings. The zero-order chi connectivity index (χ0) is 14.5. The molecule has 0 aliphatic carbocycles. The molecular formula is C12H10F2N2O4. The average molecular weight is 284 g/mol. The molecule has 0 saturated carbocycles. The third kappa shape index (κ3) is 3.82. The molecule has 2 rings (SSSR count). The van der Waals surface area contributed by atoms with Crippen LogP contribution in [0.5, 0.6) is 0 Å². The van der Waals surface area contributed by atoms with Crippen molar-refractivity contribution in [3.63, 3.8) is 0 Å². The summed E-state index contributed by atoms with van der Waals surface area (Å²) < 4.78 is 35.7. The van der Waals surface area contributed by atoms with Gasteiger partial charge in [0.15, 0.2) is 11.6 Å². The number of halogens is 2. The lowest BCUT2D eigenvalue weighted by molar-refractivity contribution is -0.142. The Morgan fingerprint density at radius 2 is 2.00 bits per heavy atom. The molecule has 1 aromatic heterocycles. The van der Waals surface area contributed by atoms with Crippen LogP contribution >= 0.6 is 0 Å². The highest BCUT2D eigenvalue weighted by molar-refractivity contribution is 5.67. The molecule has 0 bridgehead atoms. The fourth-order valence-electron chi connectivity index (χ4n) is 1.47. The fraction of sp³-hybridized carbons (Fsp3) is 0.250. The first-order chi connectivity index (χ1) is 9.54. The molecule has 1 N–H and O–H groups in total. The van der Waals surface area contributed by atoms with Crippen molar-refractivity contribution in [3.8, 4) is 0 Å². The second kappa shape index (κ2) is 6.20. The molecule has 1 heterocycles. The molecule has 20 heavy (non-hydrogen) atoms. The quantitative estimate of drug-likeness (QED) is 0.866. The maximum absolute atomic E-state index is 13.0. The van der Waals surface area contributed by atoms with Gasteiger partial charge in [0.05, 0.1) is 6.42 Å². The summed E-state index contributed by atoms with van der Waals surface area (Å²) in [5.74, 6) is -2.67. The topological polar surface area (TPSA) is 85.5 Å². The summed E-state index contributed by atoms with van der Waals surface area (Å²) in [7, 11) is 0. The van der Waals surface area contributed by atoms with Crippen LogP contribution in [0.3, 0.4) is 0 Å². The van der Waals surface area contributed by atoms with E-state index < -0.39 is 24.2 Å². The highest BCUT2D eigenvalue weighted by atomic mass is 19.2. The van der Waals surface area contributed by atoms with Crippen molar-refractivity contribution < 1.29 is 27.8 Å². The molecule has 8 heteroatoms. The standard InChI is InChI=1S/C12H10F2N2O4/c13-8-2-1-7(3-9(8)14)4-10-15-16-11(20-10)5-19-6-12(17)18/h1-3H,4-6H2,(H,17,18). The van der Waals surface area contributed by atoms with Crippen LogP contribution in [0, 0.1) is 11.6 Å². The van der Waals surface area contributed by atoms with Crippen LogP contribution in [-0.4, -0.2) is 27.9 Å². The molecule has 106 valence electrons. The predicted octanol–water partition coefficient (Wildman–Crippen LogP) is 1.54. The van der Waals surface area contributed by atoms with Crippen LogP contribution in [0.4, 0.5) is 8.78 Å². The van der Waals surface area contributed by atoms with E-state index in [2.05, 4.69) is 10.2 Å². The van der Waals surface area contributed by atoms with Crippen molar-refractivity contribution >= 4 is 5.97 Å². The number of ether oxygens (including phenoxy) is 1. The SMILES string of the molecule is O=C(O)COCc1nnc(Cc2ccc(F)c(F)c2)o1. The lowest BCUT2D eigenvalue weighted by Crippen LogP contribution is -2.06. The van der Waals surface area contributed by atoms with Gasteiger partial charge in [-0.3, -0.25) is 0 Å². The van der Waals surface area contributed by atoms with Crippen LogP contribution in [0.15, 0.2) is 22.6 Å². The lowest BCUT2D eigenvalue weighted by atomic mass is 10.1. The Morgan fingerprint density at radius 1 is 1.25 bits per heavy atom. The molecule has 0 amide bonds. The van der Waals surface area contributed by atoms with Crippen LogP contribution in [0.25, 0.3) is 0 Å². The van der Waals surface area contributed by atoms with Crippen LogP contribution in [-0.2, 0) is 22.6 Å². The highest BCUT2D eigenvalue weighted by Gasteiger charge is 2.10. The Morgan fingerprint density at radius 3 is 2.70 bits per heavy atom. The highest BCUT2D eigenvalue weighted by Crippen LogP contribution is 2.13. The lowest BCUT2D eigenvalue weighted by Gasteiger charge is -1.98. The number of aromatic nitrogens is 2. The van der Waals surface area contributed by atoms with Gasteiger partial charge in [0.25, 0.3) is 0 Å². The summed E-state index contributed by atoms with van der Waals surface area (Å²) in [6.45, 7) is -0.599. The van der Waals surface area contributed by atoms with Crippen molar-refractivity contribution in [1.82, 2.24) is 10.2 Å².